The third-order valence-electron chi connectivity index (χ3n) is 2.48. The van der Waals surface area contributed by atoms with E-state index in [1.165, 1.54) is 20.2 Å². The number of carbonyl (C=O) groups excluding carboxylic acids is 1. The van der Waals surface area contributed by atoms with Gasteiger partial charge in [0.1, 0.15) is 5.76 Å². The Morgan fingerprint density at radius 2 is 2.05 bits per heavy atom. The summed E-state index contributed by atoms with van der Waals surface area (Å²) in [5, 5.41) is 5.43. The van der Waals surface area contributed by atoms with Crippen molar-refractivity contribution in [1.82, 2.24) is 14.9 Å². The first-order valence-corrected chi connectivity index (χ1v) is 7.24. The lowest BCUT2D eigenvalue weighted by Gasteiger charge is -2.07. The molecule has 0 aromatic carbocycles. The molecule has 1 rings (SSSR count). The topological polar surface area (TPSA) is 91.7 Å². The summed E-state index contributed by atoms with van der Waals surface area (Å²) in [5.74, 6) is 0.458. The van der Waals surface area contributed by atoms with Crippen LogP contribution >= 0.6 is 0 Å². The number of furan rings is 1. The maximum atomic E-state index is 11.8. The molecule has 0 spiro atoms. The van der Waals surface area contributed by atoms with Crippen molar-refractivity contribution < 1.29 is 17.6 Å². The first kappa shape index (κ1) is 15.7. The van der Waals surface area contributed by atoms with Crippen LogP contribution in [0, 0.1) is 0 Å². The van der Waals surface area contributed by atoms with Crippen molar-refractivity contribution in [3.05, 3.63) is 17.9 Å². The first-order chi connectivity index (χ1) is 8.87. The second-order valence-electron chi connectivity index (χ2n) is 4.11. The van der Waals surface area contributed by atoms with E-state index in [2.05, 4.69) is 10.6 Å². The van der Waals surface area contributed by atoms with Crippen LogP contribution in [-0.2, 0) is 21.4 Å². The Labute approximate surface area is 113 Å². The number of hydrogen-bond donors (Lipinski definition) is 2. The van der Waals surface area contributed by atoms with Crippen LogP contribution in [0.15, 0.2) is 21.6 Å². The maximum Gasteiger partial charge on any atom is 0.275 e. The Balaban J connectivity index is 2.50. The summed E-state index contributed by atoms with van der Waals surface area (Å²) in [4.78, 5) is 11.0. The fraction of sp³-hybridized carbons (Fsp3) is 0.545. The van der Waals surface area contributed by atoms with E-state index in [1.807, 2.05) is 0 Å². The van der Waals surface area contributed by atoms with Crippen LogP contribution in [0.1, 0.15) is 12.2 Å². The fourth-order valence-corrected chi connectivity index (χ4v) is 2.12. The van der Waals surface area contributed by atoms with Crippen LogP contribution in [0.4, 0.5) is 0 Å². The summed E-state index contributed by atoms with van der Waals surface area (Å²) in [6.07, 6.45) is 0.361. The molecule has 0 radical (unpaired) electrons. The molecule has 0 aliphatic carbocycles. The van der Waals surface area contributed by atoms with Crippen molar-refractivity contribution in [3.8, 4) is 0 Å². The highest BCUT2D eigenvalue weighted by atomic mass is 32.2. The maximum absolute atomic E-state index is 11.8. The summed E-state index contributed by atoms with van der Waals surface area (Å²) >= 11 is 0. The average Bonchev–Trinajstić information content (AvgIpc) is 2.83. The van der Waals surface area contributed by atoms with Crippen LogP contribution < -0.4 is 10.6 Å². The lowest BCUT2D eigenvalue weighted by atomic mass is 10.4. The highest BCUT2D eigenvalue weighted by Crippen LogP contribution is 2.16. The predicted octanol–water partition coefficient (Wildman–Crippen LogP) is -0.244. The Morgan fingerprint density at radius 1 is 1.37 bits per heavy atom. The van der Waals surface area contributed by atoms with Crippen molar-refractivity contribution >= 4 is 15.9 Å². The molecule has 0 saturated carbocycles. The van der Waals surface area contributed by atoms with Gasteiger partial charge in [0.25, 0.3) is 10.0 Å². The normalized spacial score (nSPS) is 11.8. The Kier molecular flexibility index (Phi) is 5.52. The predicted molar refractivity (Wildman–Crippen MR) is 70.0 cm³/mol. The second-order valence-corrected chi connectivity index (χ2v) is 6.19. The number of carbonyl (C=O) groups is 1. The quantitative estimate of drug-likeness (QED) is 0.676. The lowest BCUT2D eigenvalue weighted by molar-refractivity contribution is -0.120. The fourth-order valence-electron chi connectivity index (χ4n) is 1.31. The molecule has 7 nitrogen and oxygen atoms in total. The molecular formula is C11H19N3O4S. The minimum atomic E-state index is -3.53. The van der Waals surface area contributed by atoms with Gasteiger partial charge in [-0.05, 0) is 12.1 Å². The molecule has 1 amide bonds. The van der Waals surface area contributed by atoms with Gasteiger partial charge in [-0.1, -0.05) is 0 Å². The van der Waals surface area contributed by atoms with Crippen molar-refractivity contribution in [3.63, 3.8) is 0 Å². The molecule has 0 aliphatic rings. The molecule has 0 aliphatic heterocycles. The molecule has 108 valence electrons. The number of nitrogens with one attached hydrogen (secondary N) is 2. The van der Waals surface area contributed by atoms with Crippen LogP contribution in [0.5, 0.6) is 0 Å². The Bertz CT molecular complexity index is 522. The van der Waals surface area contributed by atoms with Gasteiger partial charge in [-0.25, -0.2) is 12.7 Å². The molecule has 8 heteroatoms. The summed E-state index contributed by atoms with van der Waals surface area (Å²) in [7, 11) is 0.935. The van der Waals surface area contributed by atoms with Gasteiger partial charge in [-0.15, -0.1) is 0 Å². The van der Waals surface area contributed by atoms with E-state index in [9.17, 15) is 13.2 Å². The Morgan fingerprint density at radius 3 is 2.63 bits per heavy atom. The molecule has 0 fully saturated rings. The van der Waals surface area contributed by atoms with Crippen molar-refractivity contribution in [2.75, 3.05) is 27.7 Å². The van der Waals surface area contributed by atoms with Crippen LogP contribution in [-0.4, -0.2) is 46.3 Å². The summed E-state index contributed by atoms with van der Waals surface area (Å²) in [6, 6.07) is 3.02. The summed E-state index contributed by atoms with van der Waals surface area (Å²) in [5.41, 5.74) is 0. The van der Waals surface area contributed by atoms with Crippen molar-refractivity contribution in [2.24, 2.45) is 0 Å². The van der Waals surface area contributed by atoms with E-state index in [0.29, 0.717) is 25.3 Å². The van der Waals surface area contributed by atoms with Gasteiger partial charge >= 0.3 is 0 Å². The smallest absolute Gasteiger partial charge is 0.275 e. The van der Waals surface area contributed by atoms with Gasteiger partial charge in [-0.2, -0.15) is 0 Å². The monoisotopic (exact) mass is 289 g/mol. The highest BCUT2D eigenvalue weighted by molar-refractivity contribution is 7.88. The van der Waals surface area contributed by atoms with Gasteiger partial charge in [0.2, 0.25) is 11.0 Å². The molecule has 1 heterocycles. The zero-order valence-electron chi connectivity index (χ0n) is 11.3. The van der Waals surface area contributed by atoms with E-state index in [4.69, 9.17) is 4.42 Å². The number of hydrogen-bond acceptors (Lipinski definition) is 5. The highest BCUT2D eigenvalue weighted by Gasteiger charge is 2.21. The SMILES string of the molecule is CNC(=O)CCNCc1ccc(S(=O)(=O)N(C)C)o1. The van der Waals surface area contributed by atoms with E-state index in [-0.39, 0.29) is 11.0 Å². The number of amides is 1. The van der Waals surface area contributed by atoms with E-state index in [1.54, 1.807) is 13.1 Å². The van der Waals surface area contributed by atoms with Crippen molar-refractivity contribution in [1.29, 1.82) is 0 Å². The minimum absolute atomic E-state index is 0.0529. The van der Waals surface area contributed by atoms with E-state index < -0.39 is 10.0 Å². The van der Waals surface area contributed by atoms with Gasteiger partial charge in [0.15, 0.2) is 0 Å². The molecule has 2 N–H and O–H groups in total. The first-order valence-electron chi connectivity index (χ1n) is 5.80. The average molecular weight is 289 g/mol. The molecule has 1 aromatic heterocycles. The van der Waals surface area contributed by atoms with Crippen molar-refractivity contribution in [2.45, 2.75) is 18.1 Å². The third kappa shape index (κ3) is 4.34. The van der Waals surface area contributed by atoms with Crippen LogP contribution in [0.3, 0.4) is 0 Å². The number of nitrogens with zero attached hydrogens (tertiary/aromatic N) is 1. The standard InChI is InChI=1S/C11H19N3O4S/c1-12-10(15)6-7-13-8-9-4-5-11(18-9)19(16,17)14(2)3/h4-5,13H,6-8H2,1-3H3,(H,12,15). The summed E-state index contributed by atoms with van der Waals surface area (Å²) in [6.45, 7) is 0.871. The molecule has 19 heavy (non-hydrogen) atoms. The zero-order valence-corrected chi connectivity index (χ0v) is 12.1. The van der Waals surface area contributed by atoms with Crippen LogP contribution in [0.25, 0.3) is 0 Å². The van der Waals surface area contributed by atoms with Gasteiger partial charge in [-0.3, -0.25) is 4.79 Å². The zero-order chi connectivity index (χ0) is 14.5. The molecule has 0 bridgehead atoms. The van der Waals surface area contributed by atoms with Crippen LogP contribution in [0.2, 0.25) is 0 Å². The Hall–Kier alpha value is -1.38. The lowest BCUT2D eigenvalue weighted by Crippen LogP contribution is -2.24. The van der Waals surface area contributed by atoms with E-state index >= 15 is 0 Å². The van der Waals surface area contributed by atoms with E-state index in [0.717, 1.165) is 4.31 Å². The van der Waals surface area contributed by atoms with Gasteiger partial charge in [0.05, 0.1) is 6.54 Å². The second kappa shape index (κ2) is 6.69. The third-order valence-corrected chi connectivity index (χ3v) is 4.17. The molecular weight excluding hydrogens is 270 g/mol. The number of sulfonamides is 1. The van der Waals surface area contributed by atoms with Gasteiger partial charge in [0, 0.05) is 34.1 Å². The largest absolute Gasteiger partial charge is 0.447 e. The molecule has 0 unspecified atom stereocenters. The summed E-state index contributed by atoms with van der Waals surface area (Å²) < 4.78 is 29.9. The molecule has 0 saturated heterocycles. The molecule has 1 aromatic rings. The van der Waals surface area contributed by atoms with Gasteiger partial charge < -0.3 is 15.1 Å². The molecule has 0 atom stereocenters. The number of rotatable bonds is 7. The minimum Gasteiger partial charge on any atom is -0.447 e.